The maximum Gasteiger partial charge on any atom is 0.229 e. The summed E-state index contributed by atoms with van der Waals surface area (Å²) in [4.78, 5) is 24.8. The van der Waals surface area contributed by atoms with Crippen LogP contribution in [-0.2, 0) is 9.59 Å². The number of thiol groups is 1. The molecule has 0 aromatic heterocycles. The van der Waals surface area contributed by atoms with Crippen molar-refractivity contribution in [1.29, 1.82) is 0 Å². The van der Waals surface area contributed by atoms with Crippen LogP contribution < -0.4 is 0 Å². The Morgan fingerprint density at radius 2 is 1.75 bits per heavy atom. The zero-order chi connectivity index (χ0) is 12.0. The summed E-state index contributed by atoms with van der Waals surface area (Å²) < 4.78 is 0. The molecule has 0 radical (unpaired) electrons. The molecule has 0 N–H and O–H groups in total. The van der Waals surface area contributed by atoms with Gasteiger partial charge in [-0.25, -0.2) is 0 Å². The monoisotopic (exact) mass is 243 g/mol. The predicted molar refractivity (Wildman–Crippen MR) is 67.4 cm³/mol. The highest BCUT2D eigenvalue weighted by molar-refractivity contribution is 7.80. The lowest BCUT2D eigenvalue weighted by molar-refractivity contribution is -0.143. The van der Waals surface area contributed by atoms with Crippen molar-refractivity contribution in [2.45, 2.75) is 45.4 Å². The first-order valence-electron chi connectivity index (χ1n) is 6.09. The van der Waals surface area contributed by atoms with Gasteiger partial charge in [0.05, 0.1) is 0 Å². The highest BCUT2D eigenvalue weighted by Crippen LogP contribution is 2.15. The zero-order valence-electron chi connectivity index (χ0n) is 9.95. The van der Waals surface area contributed by atoms with Crippen molar-refractivity contribution >= 4 is 24.4 Å². The molecule has 0 bridgehead atoms. The minimum atomic E-state index is 0.0144. The van der Waals surface area contributed by atoms with Gasteiger partial charge in [0.15, 0.2) is 0 Å². The first-order valence-corrected chi connectivity index (χ1v) is 6.72. The summed E-state index contributed by atoms with van der Waals surface area (Å²) in [6, 6.07) is 0. The Morgan fingerprint density at radius 3 is 2.25 bits per heavy atom. The molecule has 16 heavy (non-hydrogen) atoms. The van der Waals surface area contributed by atoms with E-state index in [0.29, 0.717) is 25.3 Å². The van der Waals surface area contributed by atoms with Gasteiger partial charge in [-0.15, -0.1) is 0 Å². The Labute approximate surface area is 103 Å². The number of amides is 2. The lowest BCUT2D eigenvalue weighted by Crippen LogP contribution is -2.36. The van der Waals surface area contributed by atoms with Gasteiger partial charge in [-0.2, -0.15) is 12.6 Å². The average molecular weight is 243 g/mol. The average Bonchev–Trinajstić information content (AvgIpc) is 2.39. The minimum absolute atomic E-state index is 0.0144. The van der Waals surface area contributed by atoms with E-state index in [-0.39, 0.29) is 11.8 Å². The van der Waals surface area contributed by atoms with Gasteiger partial charge in [0.2, 0.25) is 11.8 Å². The third-order valence-corrected chi connectivity index (χ3v) is 3.36. The number of hydrogen-bond donors (Lipinski definition) is 1. The van der Waals surface area contributed by atoms with Crippen LogP contribution >= 0.6 is 12.6 Å². The first kappa shape index (κ1) is 13.6. The lowest BCUT2D eigenvalue weighted by Gasteiger charge is -2.20. The number of imide groups is 1. The number of carbonyl (C=O) groups is 2. The number of rotatable bonds is 5. The van der Waals surface area contributed by atoms with E-state index in [1.54, 1.807) is 0 Å². The number of likely N-dealkylation sites (tertiary alicyclic amines) is 1. The van der Waals surface area contributed by atoms with Crippen molar-refractivity contribution in [3.8, 4) is 0 Å². The molecular weight excluding hydrogens is 222 g/mol. The summed E-state index contributed by atoms with van der Waals surface area (Å²) in [6.45, 7) is 2.73. The van der Waals surface area contributed by atoms with Gasteiger partial charge in [-0.1, -0.05) is 6.92 Å². The standard InChI is InChI=1S/C12H21NO2S/c1-10(7-9-16)6-8-13-11(14)4-2-3-5-12(13)15/h10,16H,2-9H2,1H3. The number of carbonyl (C=O) groups excluding carboxylic acids is 2. The fourth-order valence-corrected chi connectivity index (χ4v) is 2.37. The van der Waals surface area contributed by atoms with E-state index >= 15 is 0 Å². The van der Waals surface area contributed by atoms with Crippen LogP contribution in [0.3, 0.4) is 0 Å². The van der Waals surface area contributed by atoms with Crippen molar-refractivity contribution < 1.29 is 9.59 Å². The second kappa shape index (κ2) is 6.94. The van der Waals surface area contributed by atoms with E-state index in [2.05, 4.69) is 19.6 Å². The van der Waals surface area contributed by atoms with Crippen molar-refractivity contribution in [3.63, 3.8) is 0 Å². The SMILES string of the molecule is CC(CCS)CCN1C(=O)CCCCC1=O. The molecule has 1 aliphatic heterocycles. The second-order valence-electron chi connectivity index (χ2n) is 4.55. The largest absolute Gasteiger partial charge is 0.283 e. The van der Waals surface area contributed by atoms with Crippen LogP contribution in [0.4, 0.5) is 0 Å². The van der Waals surface area contributed by atoms with Crippen molar-refractivity contribution in [1.82, 2.24) is 4.90 Å². The molecule has 1 saturated heterocycles. The van der Waals surface area contributed by atoms with Gasteiger partial charge < -0.3 is 0 Å². The smallest absolute Gasteiger partial charge is 0.229 e. The quantitative estimate of drug-likeness (QED) is 0.594. The molecule has 1 atom stereocenters. The molecule has 0 aliphatic carbocycles. The molecule has 1 heterocycles. The fraction of sp³-hybridized carbons (Fsp3) is 0.833. The summed E-state index contributed by atoms with van der Waals surface area (Å²) in [5.41, 5.74) is 0. The zero-order valence-corrected chi connectivity index (χ0v) is 10.8. The Kier molecular flexibility index (Phi) is 5.88. The molecule has 4 heteroatoms. The van der Waals surface area contributed by atoms with Crippen LogP contribution in [0.5, 0.6) is 0 Å². The summed E-state index contributed by atoms with van der Waals surface area (Å²) >= 11 is 4.19. The molecule has 0 spiro atoms. The van der Waals surface area contributed by atoms with Crippen LogP contribution in [0.2, 0.25) is 0 Å². The van der Waals surface area contributed by atoms with Crippen LogP contribution in [0, 0.1) is 5.92 Å². The van der Waals surface area contributed by atoms with Gasteiger partial charge in [0, 0.05) is 19.4 Å². The highest BCUT2D eigenvalue weighted by atomic mass is 32.1. The number of hydrogen-bond acceptors (Lipinski definition) is 3. The van der Waals surface area contributed by atoms with Crippen molar-refractivity contribution in [2.24, 2.45) is 5.92 Å². The van der Waals surface area contributed by atoms with E-state index in [4.69, 9.17) is 0 Å². The molecule has 1 fully saturated rings. The number of nitrogens with zero attached hydrogens (tertiary/aromatic N) is 1. The van der Waals surface area contributed by atoms with E-state index < -0.39 is 0 Å². The molecule has 1 unspecified atom stereocenters. The molecule has 1 aliphatic rings. The molecule has 2 amide bonds. The Morgan fingerprint density at radius 1 is 1.19 bits per heavy atom. The summed E-state index contributed by atoms with van der Waals surface area (Å²) in [5, 5.41) is 0. The van der Waals surface area contributed by atoms with Gasteiger partial charge in [-0.3, -0.25) is 14.5 Å². The molecule has 0 aromatic carbocycles. The third-order valence-electron chi connectivity index (χ3n) is 3.10. The predicted octanol–water partition coefficient (Wildman–Crippen LogP) is 2.26. The van der Waals surface area contributed by atoms with E-state index in [0.717, 1.165) is 31.4 Å². The molecular formula is C12H21NO2S. The van der Waals surface area contributed by atoms with E-state index in [1.807, 2.05) is 0 Å². The normalized spacial score (nSPS) is 19.8. The van der Waals surface area contributed by atoms with E-state index in [9.17, 15) is 9.59 Å². The van der Waals surface area contributed by atoms with E-state index in [1.165, 1.54) is 4.90 Å². The first-order chi connectivity index (χ1) is 7.65. The van der Waals surface area contributed by atoms with Crippen LogP contribution in [-0.4, -0.2) is 29.0 Å². The van der Waals surface area contributed by atoms with Crippen molar-refractivity contribution in [2.75, 3.05) is 12.3 Å². The maximum absolute atomic E-state index is 11.7. The van der Waals surface area contributed by atoms with Gasteiger partial charge in [-0.05, 0) is 37.4 Å². The Bertz CT molecular complexity index is 237. The topological polar surface area (TPSA) is 37.4 Å². The summed E-state index contributed by atoms with van der Waals surface area (Å²) in [6.07, 6.45) is 4.72. The highest BCUT2D eigenvalue weighted by Gasteiger charge is 2.23. The van der Waals surface area contributed by atoms with Crippen LogP contribution in [0.15, 0.2) is 0 Å². The molecule has 92 valence electrons. The Hall–Kier alpha value is -0.510. The molecule has 0 saturated carbocycles. The third kappa shape index (κ3) is 4.16. The van der Waals surface area contributed by atoms with Crippen molar-refractivity contribution in [3.05, 3.63) is 0 Å². The van der Waals surface area contributed by atoms with Crippen LogP contribution in [0.25, 0.3) is 0 Å². The van der Waals surface area contributed by atoms with Gasteiger partial charge in [0.1, 0.15) is 0 Å². The van der Waals surface area contributed by atoms with Gasteiger partial charge in [0.25, 0.3) is 0 Å². The molecule has 3 nitrogen and oxygen atoms in total. The maximum atomic E-state index is 11.7. The lowest BCUT2D eigenvalue weighted by atomic mass is 10.0. The molecule has 1 rings (SSSR count). The molecule has 0 aromatic rings. The summed E-state index contributed by atoms with van der Waals surface area (Å²) in [7, 11) is 0. The van der Waals surface area contributed by atoms with Gasteiger partial charge >= 0.3 is 0 Å². The Balaban J connectivity index is 2.43. The fourth-order valence-electron chi connectivity index (χ4n) is 1.93. The second-order valence-corrected chi connectivity index (χ2v) is 5.00. The van der Waals surface area contributed by atoms with Crippen LogP contribution in [0.1, 0.15) is 45.4 Å². The minimum Gasteiger partial charge on any atom is -0.283 e. The summed E-state index contributed by atoms with van der Waals surface area (Å²) in [5.74, 6) is 1.42.